The second kappa shape index (κ2) is 46.5. The Labute approximate surface area is 716 Å². The van der Waals surface area contributed by atoms with Crippen molar-refractivity contribution in [2.75, 3.05) is 155 Å². The molecule has 6 aliphatic rings. The van der Waals surface area contributed by atoms with Crippen LogP contribution >= 0.6 is 63.7 Å². The number of aromatic nitrogens is 8. The van der Waals surface area contributed by atoms with Crippen LogP contribution < -0.4 is 38.0 Å². The fraction of sp³-hybridized carbons (Fsp3) is 0.420. The van der Waals surface area contributed by atoms with E-state index in [0.29, 0.717) is 44.9 Å². The number of halogens is 4. The number of hydrogen-bond donors (Lipinski definition) is 8. The van der Waals surface area contributed by atoms with Gasteiger partial charge in [0.1, 0.15) is 33.5 Å². The Morgan fingerprint density at radius 1 is 0.538 bits per heavy atom. The summed E-state index contributed by atoms with van der Waals surface area (Å²) in [5, 5.41) is 44.4. The maximum Gasteiger partial charge on any atom is 0.488 e. The van der Waals surface area contributed by atoms with Crippen LogP contribution in [0.5, 0.6) is 5.75 Å². The molecule has 3 aromatic carbocycles. The van der Waals surface area contributed by atoms with Crippen LogP contribution in [0.2, 0.25) is 0 Å². The largest absolute Gasteiger partial charge is 0.618 e. The molecule has 0 radical (unpaired) electrons. The number of hydrogen-bond acceptors (Lipinski definition) is 28. The molecule has 6 fully saturated rings. The van der Waals surface area contributed by atoms with Crippen LogP contribution in [0.4, 0.5) is 27.3 Å². The number of rotatable bonds is 6. The standard InChI is InChI=1S/C14H27N3O2.C9H19N3.C8H5BrN2O.C8H5BrN2.C8H6N2.C8H13NO3.C7H7BN2O3.C7H5BrN2O.C6H6BrNO.C6H14N2/c1-5-15-6-8-16(9-7-15)12-10-17(11-12)13(18)19-14(2,3)4;1-2-11-3-5-12(6-4-11)9-7-10-8-9;9-6-4-8-7(10-5-6)2-1-3-11(8)12;9-6-4-8-7(11-5-6)2-1-3-10-8;1-3-7-8(9-5-1)4-2-6-10-7;1-8(2,3)12-7(11)9-4-6(10)5-9;9-7-10-5-3-4(8(11)12)1-2-6(5)13-7;8-4-1-2-6-5(3-4)10-7(9)11-6;7-4-1-2-6(9)5(8)3-4;1-2-8-5-3-7-4-6-8/h12H,5-11H2,1-4H3;9-10H,2-8H2,1H3;1-5H;1-5H;1-6H;4-5H2,1-3H3;1-3,11-12H,(H2,9,10);1-3H,(H2,9,10);1-3,9H,8H2;7H,2-6H2,1H3. The van der Waals surface area contributed by atoms with E-state index in [0.717, 1.165) is 102 Å². The lowest BCUT2D eigenvalue weighted by molar-refractivity contribution is -0.577. The maximum absolute atomic E-state index is 11.8. The van der Waals surface area contributed by atoms with Crippen molar-refractivity contribution in [2.45, 2.75) is 85.6 Å². The molecule has 0 spiro atoms. The summed E-state index contributed by atoms with van der Waals surface area (Å²) < 4.78 is 24.9. The van der Waals surface area contributed by atoms with Crippen LogP contribution in [0.25, 0.3) is 55.3 Å². The molecule has 31 nitrogen and oxygen atoms in total. The lowest BCUT2D eigenvalue weighted by atomic mass is 9.80. The second-order valence-corrected chi connectivity index (χ2v) is 33.2. The van der Waals surface area contributed by atoms with Gasteiger partial charge in [0.25, 0.3) is 12.0 Å². The number of carbonyl (C=O) groups excluding carboxylic acids is 3. The van der Waals surface area contributed by atoms with Crippen molar-refractivity contribution in [2.24, 2.45) is 0 Å². The first-order valence-electron chi connectivity index (χ1n) is 38.6. The van der Waals surface area contributed by atoms with E-state index in [1.54, 1.807) is 94.2 Å². The van der Waals surface area contributed by atoms with E-state index in [2.05, 4.69) is 155 Å². The predicted octanol–water partition coefficient (Wildman–Crippen LogP) is 10.2. The van der Waals surface area contributed by atoms with E-state index in [1.165, 1.54) is 102 Å². The number of oxazole rings is 2. The normalized spacial score (nSPS) is 15.9. The molecule has 628 valence electrons. The Bertz CT molecular complexity index is 4850. The lowest BCUT2D eigenvalue weighted by Gasteiger charge is -2.47. The van der Waals surface area contributed by atoms with Crippen molar-refractivity contribution in [1.82, 2.24) is 79.8 Å². The summed E-state index contributed by atoms with van der Waals surface area (Å²) in [6.07, 6.45) is 9.62. The molecule has 11 aromatic rings. The molecule has 14 heterocycles. The minimum atomic E-state index is -1.50. The quantitative estimate of drug-likeness (QED) is 0.0252. The zero-order valence-electron chi connectivity index (χ0n) is 67.6. The van der Waals surface area contributed by atoms with Gasteiger partial charge in [-0.3, -0.25) is 39.4 Å². The number of pyridine rings is 6. The average Bonchev–Trinajstić information content (AvgIpc) is 1.53. The van der Waals surface area contributed by atoms with Crippen LogP contribution in [0.1, 0.15) is 62.3 Å². The number of nitrogen functional groups attached to an aromatic ring is 3. The summed E-state index contributed by atoms with van der Waals surface area (Å²) >= 11 is 13.1. The zero-order valence-corrected chi connectivity index (χ0v) is 73.9. The van der Waals surface area contributed by atoms with Crippen LogP contribution in [0.3, 0.4) is 0 Å². The number of aromatic hydroxyl groups is 1. The number of Topliss-reactive ketones (excluding diaryl/α,β-unsaturated/α-hetero) is 1. The average molecular weight is 1870 g/mol. The molecular formula is C81H107BBr4N20O11. The lowest BCUT2D eigenvalue weighted by Crippen LogP contribution is -2.64. The van der Waals surface area contributed by atoms with Crippen molar-refractivity contribution in [3.8, 4) is 5.75 Å². The number of ketones is 1. The first-order valence-corrected chi connectivity index (χ1v) is 41.8. The van der Waals surface area contributed by atoms with E-state index in [9.17, 15) is 19.6 Å². The Hall–Kier alpha value is -8.89. The molecule has 0 saturated carbocycles. The van der Waals surface area contributed by atoms with E-state index in [-0.39, 0.29) is 42.7 Å². The third kappa shape index (κ3) is 31.7. The number of likely N-dealkylation sites (tertiary alicyclic amines) is 2. The number of phenols is 1. The molecule has 36 heteroatoms. The van der Waals surface area contributed by atoms with Gasteiger partial charge in [0, 0.05) is 178 Å². The monoisotopic (exact) mass is 1860 g/mol. The highest BCUT2D eigenvalue weighted by Gasteiger charge is 2.38. The van der Waals surface area contributed by atoms with Crippen molar-refractivity contribution in [3.63, 3.8) is 0 Å². The van der Waals surface area contributed by atoms with E-state index in [4.69, 9.17) is 50.7 Å². The number of ether oxygens (including phenoxy) is 2. The van der Waals surface area contributed by atoms with Crippen LogP contribution in [0.15, 0.2) is 179 Å². The van der Waals surface area contributed by atoms with Gasteiger partial charge < -0.3 is 86.1 Å². The number of benzene rings is 3. The highest BCUT2D eigenvalue weighted by atomic mass is 79.9. The van der Waals surface area contributed by atoms with Gasteiger partial charge in [0.2, 0.25) is 5.52 Å². The zero-order chi connectivity index (χ0) is 84.8. The Balaban J connectivity index is 0.000000163. The minimum Gasteiger partial charge on any atom is -0.618 e. The molecule has 0 unspecified atom stereocenters. The van der Waals surface area contributed by atoms with Gasteiger partial charge in [0.15, 0.2) is 23.1 Å². The van der Waals surface area contributed by atoms with Crippen LogP contribution in [-0.2, 0) is 14.3 Å². The summed E-state index contributed by atoms with van der Waals surface area (Å²) in [7, 11) is -1.50. The molecule has 0 aliphatic carbocycles. The smallest absolute Gasteiger partial charge is 0.488 e. The van der Waals surface area contributed by atoms with Gasteiger partial charge in [-0.15, -0.1) is 0 Å². The van der Waals surface area contributed by atoms with E-state index < -0.39 is 24.4 Å². The van der Waals surface area contributed by atoms with E-state index in [1.807, 2.05) is 86.3 Å². The summed E-state index contributed by atoms with van der Waals surface area (Å²) in [5.41, 5.74) is 23.4. The second-order valence-electron chi connectivity index (χ2n) is 29.5. The van der Waals surface area contributed by atoms with Crippen molar-refractivity contribution in [1.29, 1.82) is 0 Å². The van der Waals surface area contributed by atoms with Gasteiger partial charge >= 0.3 is 19.3 Å². The Morgan fingerprint density at radius 2 is 0.983 bits per heavy atom. The summed E-state index contributed by atoms with van der Waals surface area (Å²) in [4.78, 5) is 77.7. The number of fused-ring (bicyclic) bond motifs is 5. The van der Waals surface area contributed by atoms with Gasteiger partial charge in [0.05, 0.1) is 40.8 Å². The maximum atomic E-state index is 11.8. The number of nitrogens with one attached hydrogen (secondary N) is 2. The third-order valence-corrected chi connectivity index (χ3v) is 20.4. The molecule has 0 bridgehead atoms. The molecule has 11 N–H and O–H groups in total. The highest BCUT2D eigenvalue weighted by Crippen LogP contribution is 2.25. The number of phenolic OH excluding ortho intramolecular Hbond substituents is 1. The highest BCUT2D eigenvalue weighted by molar-refractivity contribution is 9.11. The van der Waals surface area contributed by atoms with Crippen molar-refractivity contribution in [3.05, 3.63) is 176 Å². The molecular weight excluding hydrogens is 1760 g/mol. The minimum absolute atomic E-state index is 0.0691. The van der Waals surface area contributed by atoms with Gasteiger partial charge in [-0.2, -0.15) is 14.7 Å². The SMILES string of the molecule is Brc1cnc2cccnc2c1.CC(C)(C)OC(=O)N1CC(=O)C1.CCN1CCN(C2CN(C(=O)OC(C)(C)C)C2)CC1.CCN1CCN(C2CNC2)CC1.CCN1CCNCC1.Nc1cc(Br)ccc1O.Nc1nc2cc(B(O)O)ccc2o1.Nc1nc2cc(Br)ccc2o1.[O-][n+]1cccc2ncc(Br)cc21.c1cnc2cccnc2c1. The fourth-order valence-electron chi connectivity index (χ4n) is 11.9. The number of anilines is 3. The number of likely N-dealkylation sites (N-methyl/N-ethyl adjacent to an activating group) is 3. The van der Waals surface area contributed by atoms with Gasteiger partial charge in [-0.1, -0.05) is 58.7 Å². The van der Waals surface area contributed by atoms with Crippen LogP contribution in [-0.4, -0.2) is 270 Å². The summed E-state index contributed by atoms with van der Waals surface area (Å²) in [5.74, 6) is 0.207. The van der Waals surface area contributed by atoms with Gasteiger partial charge in [-0.05, 0) is 196 Å². The number of nitrogens with two attached hydrogens (primary N) is 3. The molecule has 6 saturated heterocycles. The topological polar surface area (TPSA) is 399 Å². The van der Waals surface area contributed by atoms with Crippen LogP contribution in [0, 0.1) is 5.21 Å². The van der Waals surface area contributed by atoms with E-state index >= 15 is 0 Å². The first kappa shape index (κ1) is 93.6. The molecule has 2 amide bonds. The predicted molar refractivity (Wildman–Crippen MR) is 473 cm³/mol. The fourth-order valence-corrected chi connectivity index (χ4v) is 13.2. The first-order chi connectivity index (χ1) is 55.8. The molecule has 117 heavy (non-hydrogen) atoms. The third-order valence-electron chi connectivity index (χ3n) is 18.5. The Kier molecular flexibility index (Phi) is 37.2. The summed E-state index contributed by atoms with van der Waals surface area (Å²) in [6, 6.07) is 35.4. The number of carbonyl (C=O) groups is 3. The number of piperazine rings is 3. The molecule has 6 aliphatic heterocycles. The Morgan fingerprint density at radius 3 is 1.46 bits per heavy atom. The molecule has 0 atom stereocenters. The van der Waals surface area contributed by atoms with Crippen molar-refractivity contribution < 1.29 is 52.6 Å². The molecule has 8 aromatic heterocycles. The van der Waals surface area contributed by atoms with Gasteiger partial charge in [-0.25, -0.2) is 14.6 Å². The van der Waals surface area contributed by atoms with Crippen molar-refractivity contribution >= 4 is 167 Å². The number of amides is 2. The molecule has 17 rings (SSSR count). The summed E-state index contributed by atoms with van der Waals surface area (Å²) in [6.45, 7) is 40.3. The number of nitrogens with zero attached hydrogens (tertiary/aromatic N) is 15.